The number of fused-ring (bicyclic) bond motifs is 1. The molecule has 0 saturated heterocycles. The first-order valence-corrected chi connectivity index (χ1v) is 10.0. The Morgan fingerprint density at radius 1 is 1.29 bits per heavy atom. The van der Waals surface area contributed by atoms with Crippen LogP contribution in [0.5, 0.6) is 0 Å². The van der Waals surface area contributed by atoms with Crippen LogP contribution in [0.15, 0.2) is 17.6 Å². The molecule has 6 heteroatoms. The molecule has 0 amide bonds. The summed E-state index contributed by atoms with van der Waals surface area (Å²) in [4.78, 5) is 11.5. The lowest BCUT2D eigenvalue weighted by molar-refractivity contribution is 0.241. The van der Waals surface area contributed by atoms with E-state index in [1.807, 2.05) is 12.4 Å². The second kappa shape index (κ2) is 7.23. The minimum absolute atomic E-state index is 0.697. The van der Waals surface area contributed by atoms with Gasteiger partial charge >= 0.3 is 0 Å². The first kappa shape index (κ1) is 16.1. The number of aromatic nitrogens is 4. The van der Waals surface area contributed by atoms with Crippen molar-refractivity contribution in [1.29, 1.82) is 0 Å². The standard InChI is InChI=1S/C18H25N5S/c1-2-8-24-18-19-9-13(10-20-18)11-23-7-6-16-15(12-23)17(22-21-16)14-4-3-5-14/h9-10,14H,2-8,11-12H2,1H3,(H,21,22). The summed E-state index contributed by atoms with van der Waals surface area (Å²) in [6.07, 6.45) is 10.2. The summed E-state index contributed by atoms with van der Waals surface area (Å²) >= 11 is 1.73. The lowest BCUT2D eigenvalue weighted by atomic mass is 9.81. The van der Waals surface area contributed by atoms with Gasteiger partial charge in [-0.15, -0.1) is 0 Å². The van der Waals surface area contributed by atoms with Crippen molar-refractivity contribution in [3.63, 3.8) is 0 Å². The quantitative estimate of drug-likeness (QED) is 0.642. The average Bonchev–Trinajstić information content (AvgIpc) is 2.96. The highest BCUT2D eigenvalue weighted by atomic mass is 32.2. The van der Waals surface area contributed by atoms with Crippen molar-refractivity contribution in [3.05, 3.63) is 34.9 Å². The van der Waals surface area contributed by atoms with Gasteiger partial charge in [0.05, 0.1) is 5.69 Å². The first-order valence-electron chi connectivity index (χ1n) is 9.05. The van der Waals surface area contributed by atoms with Gasteiger partial charge < -0.3 is 0 Å². The molecule has 1 fully saturated rings. The van der Waals surface area contributed by atoms with Crippen molar-refractivity contribution in [2.45, 2.75) is 63.2 Å². The second-order valence-corrected chi connectivity index (χ2v) is 7.94. The van der Waals surface area contributed by atoms with Crippen LogP contribution in [-0.2, 0) is 19.5 Å². The molecule has 3 heterocycles. The van der Waals surface area contributed by atoms with Crippen LogP contribution >= 0.6 is 11.8 Å². The van der Waals surface area contributed by atoms with Crippen molar-refractivity contribution in [2.75, 3.05) is 12.3 Å². The minimum atomic E-state index is 0.697. The highest BCUT2D eigenvalue weighted by Gasteiger charge is 2.29. The Labute approximate surface area is 147 Å². The third-order valence-electron chi connectivity index (χ3n) is 5.06. The zero-order valence-corrected chi connectivity index (χ0v) is 15.1. The monoisotopic (exact) mass is 343 g/mol. The number of hydrogen-bond donors (Lipinski definition) is 1. The average molecular weight is 344 g/mol. The van der Waals surface area contributed by atoms with Crippen molar-refractivity contribution < 1.29 is 0 Å². The summed E-state index contributed by atoms with van der Waals surface area (Å²) < 4.78 is 0. The largest absolute Gasteiger partial charge is 0.294 e. The van der Waals surface area contributed by atoms with Crippen molar-refractivity contribution in [1.82, 2.24) is 25.1 Å². The molecule has 2 aromatic heterocycles. The van der Waals surface area contributed by atoms with E-state index in [1.54, 1.807) is 11.8 Å². The maximum absolute atomic E-state index is 4.62. The Balaban J connectivity index is 1.40. The van der Waals surface area contributed by atoms with Gasteiger partial charge in [0.15, 0.2) is 5.16 Å². The van der Waals surface area contributed by atoms with Gasteiger partial charge in [0.2, 0.25) is 0 Å². The SMILES string of the molecule is CCCSc1ncc(CN2CCc3[nH]nc(C4CCC4)c3C2)cn1. The first-order chi connectivity index (χ1) is 11.8. The Morgan fingerprint density at radius 3 is 2.83 bits per heavy atom. The third-order valence-corrected chi connectivity index (χ3v) is 6.14. The molecule has 1 aliphatic heterocycles. The van der Waals surface area contributed by atoms with Crippen molar-refractivity contribution in [2.24, 2.45) is 0 Å². The van der Waals surface area contributed by atoms with Gasteiger partial charge in [0.1, 0.15) is 0 Å². The molecule has 4 rings (SSSR count). The van der Waals surface area contributed by atoms with Gasteiger partial charge in [-0.25, -0.2) is 9.97 Å². The molecule has 0 radical (unpaired) electrons. The number of nitrogens with one attached hydrogen (secondary N) is 1. The predicted octanol–water partition coefficient (Wildman–Crippen LogP) is 3.53. The van der Waals surface area contributed by atoms with E-state index in [9.17, 15) is 0 Å². The molecule has 2 aromatic rings. The highest BCUT2D eigenvalue weighted by Crippen LogP contribution is 2.38. The third kappa shape index (κ3) is 3.35. The molecule has 1 saturated carbocycles. The number of nitrogens with zero attached hydrogens (tertiary/aromatic N) is 4. The van der Waals surface area contributed by atoms with Crippen LogP contribution in [0.25, 0.3) is 0 Å². The van der Waals surface area contributed by atoms with Crippen molar-refractivity contribution >= 4 is 11.8 Å². The van der Waals surface area contributed by atoms with E-state index in [1.165, 1.54) is 41.8 Å². The number of H-pyrrole nitrogens is 1. The number of hydrogen-bond acceptors (Lipinski definition) is 5. The fourth-order valence-corrected chi connectivity index (χ4v) is 4.12. The molecule has 1 N–H and O–H groups in total. The van der Waals surface area contributed by atoms with E-state index in [4.69, 9.17) is 0 Å². The van der Waals surface area contributed by atoms with Gasteiger partial charge in [0, 0.05) is 66.9 Å². The molecular formula is C18H25N5S. The van der Waals surface area contributed by atoms with Crippen LogP contribution in [0.4, 0.5) is 0 Å². The summed E-state index contributed by atoms with van der Waals surface area (Å²) in [5.74, 6) is 1.78. The second-order valence-electron chi connectivity index (χ2n) is 6.88. The molecular weight excluding hydrogens is 318 g/mol. The van der Waals surface area contributed by atoms with Crippen LogP contribution in [0, 0.1) is 0 Å². The highest BCUT2D eigenvalue weighted by molar-refractivity contribution is 7.99. The Bertz CT molecular complexity index is 677. The maximum atomic E-state index is 4.62. The van der Waals surface area contributed by atoms with Crippen LogP contribution in [0.1, 0.15) is 61.0 Å². The lowest BCUT2D eigenvalue weighted by Gasteiger charge is -2.30. The number of aromatic amines is 1. The Hall–Kier alpha value is -1.40. The molecule has 2 aliphatic rings. The van der Waals surface area contributed by atoms with Gasteiger partial charge in [-0.3, -0.25) is 10.00 Å². The molecule has 0 aromatic carbocycles. The molecule has 0 spiro atoms. The van der Waals surface area contributed by atoms with Crippen LogP contribution in [0.2, 0.25) is 0 Å². The summed E-state index contributed by atoms with van der Waals surface area (Å²) in [5.41, 5.74) is 5.36. The molecule has 0 unspecified atom stereocenters. The summed E-state index contributed by atoms with van der Waals surface area (Å²) in [6, 6.07) is 0. The van der Waals surface area contributed by atoms with Gasteiger partial charge in [-0.1, -0.05) is 25.1 Å². The molecule has 24 heavy (non-hydrogen) atoms. The fourth-order valence-electron chi connectivity index (χ4n) is 3.48. The zero-order chi connectivity index (χ0) is 16.4. The van der Waals surface area contributed by atoms with Gasteiger partial charge in [-0.05, 0) is 19.3 Å². The van der Waals surface area contributed by atoms with Crippen LogP contribution in [0.3, 0.4) is 0 Å². The van der Waals surface area contributed by atoms with E-state index in [0.29, 0.717) is 5.92 Å². The maximum Gasteiger partial charge on any atom is 0.187 e. The fraction of sp³-hybridized carbons (Fsp3) is 0.611. The van der Waals surface area contributed by atoms with E-state index in [-0.39, 0.29) is 0 Å². The molecule has 0 bridgehead atoms. The Kier molecular flexibility index (Phi) is 4.85. The summed E-state index contributed by atoms with van der Waals surface area (Å²) in [5, 5.41) is 8.80. The van der Waals surface area contributed by atoms with E-state index < -0.39 is 0 Å². The van der Waals surface area contributed by atoms with Crippen LogP contribution in [-0.4, -0.2) is 37.4 Å². The van der Waals surface area contributed by atoms with E-state index >= 15 is 0 Å². The zero-order valence-electron chi connectivity index (χ0n) is 14.3. The molecule has 5 nitrogen and oxygen atoms in total. The number of thioether (sulfide) groups is 1. The van der Waals surface area contributed by atoms with Gasteiger partial charge in [0.25, 0.3) is 0 Å². The smallest absolute Gasteiger partial charge is 0.187 e. The molecule has 1 aliphatic carbocycles. The predicted molar refractivity (Wildman–Crippen MR) is 96.0 cm³/mol. The minimum Gasteiger partial charge on any atom is -0.294 e. The number of rotatable bonds is 6. The van der Waals surface area contributed by atoms with E-state index in [0.717, 1.165) is 43.4 Å². The van der Waals surface area contributed by atoms with Gasteiger partial charge in [-0.2, -0.15) is 5.10 Å². The van der Waals surface area contributed by atoms with E-state index in [2.05, 4.69) is 32.0 Å². The van der Waals surface area contributed by atoms with Crippen molar-refractivity contribution in [3.8, 4) is 0 Å². The summed E-state index contributed by atoms with van der Waals surface area (Å²) in [7, 11) is 0. The molecule has 128 valence electrons. The lowest BCUT2D eigenvalue weighted by Crippen LogP contribution is -2.30. The normalized spacial score (nSPS) is 18.4. The van der Waals surface area contributed by atoms with Crippen LogP contribution < -0.4 is 0 Å². The summed E-state index contributed by atoms with van der Waals surface area (Å²) in [6.45, 7) is 5.18. The topological polar surface area (TPSA) is 57.7 Å². The Morgan fingerprint density at radius 2 is 2.12 bits per heavy atom. The molecule has 0 atom stereocenters.